The lowest BCUT2D eigenvalue weighted by molar-refractivity contribution is 0.101. The lowest BCUT2D eigenvalue weighted by atomic mass is 10.2. The van der Waals surface area contributed by atoms with Crippen LogP contribution in [0.15, 0.2) is 47.4 Å². The summed E-state index contributed by atoms with van der Waals surface area (Å²) in [6.45, 7) is 7.67. The third-order valence-electron chi connectivity index (χ3n) is 4.84. The number of sulfonamides is 1. The summed E-state index contributed by atoms with van der Waals surface area (Å²) in [5.41, 5.74) is 1.62. The molecule has 31 heavy (non-hydrogen) atoms. The second kappa shape index (κ2) is 8.94. The molecule has 2 aromatic carbocycles. The molecule has 0 fully saturated rings. The van der Waals surface area contributed by atoms with E-state index in [4.69, 9.17) is 0 Å². The summed E-state index contributed by atoms with van der Waals surface area (Å²) in [7, 11) is -3.67. The van der Waals surface area contributed by atoms with Crippen LogP contribution in [0.3, 0.4) is 0 Å². The van der Waals surface area contributed by atoms with Gasteiger partial charge in [-0.2, -0.15) is 4.31 Å². The fourth-order valence-electron chi connectivity index (χ4n) is 3.10. The molecule has 0 aliphatic rings. The number of aryl methyl sites for hydroxylation is 2. The van der Waals surface area contributed by atoms with Crippen LogP contribution in [0.4, 0.5) is 10.1 Å². The van der Waals surface area contributed by atoms with Gasteiger partial charge in [-0.3, -0.25) is 4.79 Å². The molecular weight excluding hydrogens is 421 g/mol. The van der Waals surface area contributed by atoms with E-state index in [2.05, 4.69) is 15.4 Å². The summed E-state index contributed by atoms with van der Waals surface area (Å²) in [5.74, 6) is -0.594. The predicted molar refractivity (Wildman–Crippen MR) is 115 cm³/mol. The van der Waals surface area contributed by atoms with E-state index in [9.17, 15) is 17.6 Å². The highest BCUT2D eigenvalue weighted by molar-refractivity contribution is 7.89. The average Bonchev–Trinajstić information content (AvgIpc) is 3.12. The van der Waals surface area contributed by atoms with E-state index in [-0.39, 0.29) is 16.5 Å². The molecule has 3 aromatic rings. The number of amides is 1. The van der Waals surface area contributed by atoms with E-state index < -0.39 is 15.9 Å². The molecule has 0 saturated heterocycles. The van der Waals surface area contributed by atoms with Crippen molar-refractivity contribution in [2.45, 2.75) is 32.6 Å². The maximum Gasteiger partial charge on any atom is 0.295 e. The number of rotatable bonds is 7. The van der Waals surface area contributed by atoms with Crippen molar-refractivity contribution in [2.75, 3.05) is 18.4 Å². The predicted octanol–water partition coefficient (Wildman–Crippen LogP) is 3.31. The number of carbonyl (C=O) groups excluding carboxylic acids is 1. The lowest BCUT2D eigenvalue weighted by Crippen LogP contribution is -2.30. The molecule has 1 aromatic heterocycles. The number of anilines is 1. The standard InChI is InChI=1S/C21H24FN5O3S/c1-5-26(6-2)31(29,30)18-12-7-14(3)19(13-18)24-21(28)20-23-15(4)27(25-20)17-10-8-16(22)9-11-17/h7-13H,5-6H2,1-4H3,(H,24,28). The third-order valence-corrected chi connectivity index (χ3v) is 6.89. The maximum absolute atomic E-state index is 13.2. The normalized spacial score (nSPS) is 11.7. The highest BCUT2D eigenvalue weighted by Gasteiger charge is 2.23. The first-order valence-electron chi connectivity index (χ1n) is 9.79. The molecule has 0 spiro atoms. The van der Waals surface area contributed by atoms with Crippen molar-refractivity contribution in [3.05, 3.63) is 65.5 Å². The molecule has 1 N–H and O–H groups in total. The zero-order chi connectivity index (χ0) is 22.8. The number of hydrogen-bond donors (Lipinski definition) is 1. The number of benzene rings is 2. The summed E-state index contributed by atoms with van der Waals surface area (Å²) >= 11 is 0. The first-order chi connectivity index (χ1) is 14.7. The van der Waals surface area contributed by atoms with Crippen LogP contribution in [-0.2, 0) is 10.0 Å². The highest BCUT2D eigenvalue weighted by atomic mass is 32.2. The molecule has 0 unspecified atom stereocenters. The molecule has 0 aliphatic carbocycles. The molecule has 0 aliphatic heterocycles. The van der Waals surface area contributed by atoms with Gasteiger partial charge in [-0.15, -0.1) is 5.10 Å². The smallest absolute Gasteiger partial charge is 0.295 e. The van der Waals surface area contributed by atoms with Gasteiger partial charge >= 0.3 is 0 Å². The largest absolute Gasteiger partial charge is 0.319 e. The highest BCUT2D eigenvalue weighted by Crippen LogP contribution is 2.23. The Morgan fingerprint density at radius 1 is 1.10 bits per heavy atom. The van der Waals surface area contributed by atoms with E-state index in [1.54, 1.807) is 33.8 Å². The van der Waals surface area contributed by atoms with Crippen LogP contribution < -0.4 is 5.32 Å². The van der Waals surface area contributed by atoms with Gasteiger partial charge in [0.2, 0.25) is 15.8 Å². The molecule has 0 radical (unpaired) electrons. The van der Waals surface area contributed by atoms with Crippen molar-refractivity contribution in [3.8, 4) is 5.69 Å². The van der Waals surface area contributed by atoms with Crippen molar-refractivity contribution in [1.29, 1.82) is 0 Å². The van der Waals surface area contributed by atoms with Crippen LogP contribution in [0.2, 0.25) is 0 Å². The molecular formula is C21H24FN5O3S. The summed E-state index contributed by atoms with van der Waals surface area (Å²) in [6, 6.07) is 10.2. The van der Waals surface area contributed by atoms with Gasteiger partial charge in [0.25, 0.3) is 5.91 Å². The number of nitrogens with zero attached hydrogens (tertiary/aromatic N) is 4. The van der Waals surface area contributed by atoms with Gasteiger partial charge < -0.3 is 5.32 Å². The van der Waals surface area contributed by atoms with Crippen LogP contribution in [0.1, 0.15) is 35.9 Å². The SMILES string of the molecule is CCN(CC)S(=O)(=O)c1ccc(C)c(NC(=O)c2nc(C)n(-c3ccc(F)cc3)n2)c1. The van der Waals surface area contributed by atoms with E-state index in [1.807, 2.05) is 0 Å². The zero-order valence-electron chi connectivity index (χ0n) is 17.8. The third kappa shape index (κ3) is 4.64. The zero-order valence-corrected chi connectivity index (χ0v) is 18.6. The fourth-order valence-corrected chi connectivity index (χ4v) is 4.58. The van der Waals surface area contributed by atoms with Crippen LogP contribution in [0, 0.1) is 19.7 Å². The molecule has 0 saturated carbocycles. The second-order valence-electron chi connectivity index (χ2n) is 6.89. The van der Waals surface area contributed by atoms with E-state index in [1.165, 1.54) is 45.4 Å². The van der Waals surface area contributed by atoms with Gasteiger partial charge in [0, 0.05) is 18.8 Å². The first-order valence-corrected chi connectivity index (χ1v) is 11.2. The monoisotopic (exact) mass is 445 g/mol. The molecule has 1 amide bonds. The quantitative estimate of drug-likeness (QED) is 0.602. The number of aromatic nitrogens is 3. The van der Waals surface area contributed by atoms with Gasteiger partial charge in [-0.25, -0.2) is 22.5 Å². The van der Waals surface area contributed by atoms with E-state index >= 15 is 0 Å². The molecule has 0 atom stereocenters. The van der Waals surface area contributed by atoms with Gasteiger partial charge in [-0.05, 0) is 55.8 Å². The number of nitrogens with one attached hydrogen (secondary N) is 1. The van der Waals surface area contributed by atoms with Crippen molar-refractivity contribution >= 4 is 21.6 Å². The van der Waals surface area contributed by atoms with Gasteiger partial charge in [0.1, 0.15) is 11.6 Å². The van der Waals surface area contributed by atoms with Crippen LogP contribution in [-0.4, -0.2) is 46.5 Å². The Morgan fingerprint density at radius 2 is 1.74 bits per heavy atom. The summed E-state index contributed by atoms with van der Waals surface area (Å²) < 4.78 is 41.6. The van der Waals surface area contributed by atoms with Crippen LogP contribution in [0.25, 0.3) is 5.69 Å². The average molecular weight is 446 g/mol. The first kappa shape index (κ1) is 22.6. The Morgan fingerprint density at radius 3 is 2.35 bits per heavy atom. The number of hydrogen-bond acceptors (Lipinski definition) is 5. The van der Waals surface area contributed by atoms with Crippen molar-refractivity contribution < 1.29 is 17.6 Å². The Bertz CT molecular complexity index is 1200. The van der Waals surface area contributed by atoms with Crippen LogP contribution in [0.5, 0.6) is 0 Å². The summed E-state index contributed by atoms with van der Waals surface area (Å²) in [4.78, 5) is 17.0. The summed E-state index contributed by atoms with van der Waals surface area (Å²) in [6.07, 6.45) is 0. The lowest BCUT2D eigenvalue weighted by Gasteiger charge is -2.19. The van der Waals surface area contributed by atoms with Crippen molar-refractivity contribution in [1.82, 2.24) is 19.1 Å². The Kier molecular flexibility index (Phi) is 6.51. The fraction of sp³-hybridized carbons (Fsp3) is 0.286. The molecule has 8 nitrogen and oxygen atoms in total. The Labute approximate surface area is 180 Å². The Balaban J connectivity index is 1.89. The van der Waals surface area contributed by atoms with E-state index in [0.717, 1.165) is 0 Å². The molecule has 10 heteroatoms. The molecule has 164 valence electrons. The van der Waals surface area contributed by atoms with E-state index in [0.29, 0.717) is 35.9 Å². The van der Waals surface area contributed by atoms with Gasteiger partial charge in [-0.1, -0.05) is 19.9 Å². The minimum absolute atomic E-state index is 0.0850. The molecule has 0 bridgehead atoms. The van der Waals surface area contributed by atoms with Crippen molar-refractivity contribution in [2.24, 2.45) is 0 Å². The minimum Gasteiger partial charge on any atom is -0.319 e. The van der Waals surface area contributed by atoms with Gasteiger partial charge in [0.05, 0.1) is 10.6 Å². The Hall–Kier alpha value is -3.11. The summed E-state index contributed by atoms with van der Waals surface area (Å²) in [5, 5.41) is 6.90. The number of halogens is 1. The van der Waals surface area contributed by atoms with Crippen LogP contribution >= 0.6 is 0 Å². The second-order valence-corrected chi connectivity index (χ2v) is 8.83. The molecule has 3 rings (SSSR count). The maximum atomic E-state index is 13.2. The topological polar surface area (TPSA) is 97.2 Å². The minimum atomic E-state index is -3.67. The number of carbonyl (C=O) groups is 1. The van der Waals surface area contributed by atoms with Gasteiger partial charge in [0.15, 0.2) is 0 Å². The molecule has 1 heterocycles. The van der Waals surface area contributed by atoms with Crippen molar-refractivity contribution in [3.63, 3.8) is 0 Å².